The van der Waals surface area contributed by atoms with Crippen molar-refractivity contribution in [1.82, 2.24) is 0 Å². The van der Waals surface area contributed by atoms with Crippen molar-refractivity contribution in [2.75, 3.05) is 0 Å². The zero-order valence-corrected chi connectivity index (χ0v) is 15.0. The molecular formula is C16H28Si2. The van der Waals surface area contributed by atoms with Gasteiger partial charge >= 0.3 is 0 Å². The van der Waals surface area contributed by atoms with Crippen molar-refractivity contribution in [1.29, 1.82) is 0 Å². The van der Waals surface area contributed by atoms with Gasteiger partial charge in [-0.05, 0) is 17.0 Å². The van der Waals surface area contributed by atoms with Gasteiger partial charge in [0.25, 0.3) is 0 Å². The summed E-state index contributed by atoms with van der Waals surface area (Å²) in [6.45, 7) is 18.4. The van der Waals surface area contributed by atoms with Gasteiger partial charge in [0.15, 0.2) is 0 Å². The van der Waals surface area contributed by atoms with Gasteiger partial charge in [-0.3, -0.25) is 0 Å². The highest BCUT2D eigenvalue weighted by Crippen LogP contribution is 2.32. The Labute approximate surface area is 116 Å². The molecule has 0 saturated carbocycles. The summed E-state index contributed by atoms with van der Waals surface area (Å²) in [5, 5.41) is 1.99. The lowest BCUT2D eigenvalue weighted by molar-refractivity contribution is 0.655. The van der Waals surface area contributed by atoms with Gasteiger partial charge < -0.3 is 0 Å². The number of rotatable bonds is 5. The van der Waals surface area contributed by atoms with Gasteiger partial charge in [-0.2, -0.15) is 0 Å². The number of hydrogen-bond acceptors (Lipinski definition) is 0. The van der Waals surface area contributed by atoms with E-state index >= 15 is 0 Å². The van der Waals surface area contributed by atoms with Crippen LogP contribution < -0.4 is 5.19 Å². The summed E-state index contributed by atoms with van der Waals surface area (Å²) in [5.41, 5.74) is 3.64. The summed E-state index contributed by atoms with van der Waals surface area (Å²) in [6.07, 6.45) is 1.22. The lowest BCUT2D eigenvalue weighted by Crippen LogP contribution is -2.39. The minimum Gasteiger partial charge on any atom is -0.107 e. The number of benzene rings is 1. The van der Waals surface area contributed by atoms with Gasteiger partial charge in [0.1, 0.15) is 8.07 Å². The highest BCUT2D eigenvalue weighted by Gasteiger charge is 2.24. The molecule has 0 saturated heterocycles. The SMILES string of the molecule is C=C[Si](C)(C)c1ccc(CC(C)(C)[SiH](C)C)cc1. The molecule has 100 valence electrons. The van der Waals surface area contributed by atoms with Crippen LogP contribution in [0.2, 0.25) is 31.2 Å². The molecule has 1 aromatic carbocycles. The number of hydrogen-bond donors (Lipinski definition) is 0. The summed E-state index contributed by atoms with van der Waals surface area (Å²) in [6, 6.07) is 9.29. The second-order valence-corrected chi connectivity index (χ2v) is 15.2. The van der Waals surface area contributed by atoms with E-state index in [1.165, 1.54) is 17.2 Å². The average Bonchev–Trinajstić information content (AvgIpc) is 2.29. The van der Waals surface area contributed by atoms with Gasteiger partial charge in [-0.15, -0.1) is 6.58 Å². The topological polar surface area (TPSA) is 0 Å². The van der Waals surface area contributed by atoms with Gasteiger partial charge in [-0.25, -0.2) is 0 Å². The van der Waals surface area contributed by atoms with Gasteiger partial charge in [-0.1, -0.05) is 75.2 Å². The Morgan fingerprint density at radius 3 is 2.06 bits per heavy atom. The first-order valence-corrected chi connectivity index (χ1v) is 12.9. The fraction of sp³-hybridized carbons (Fsp3) is 0.500. The van der Waals surface area contributed by atoms with Crippen LogP contribution in [0, 0.1) is 0 Å². The summed E-state index contributed by atoms with van der Waals surface area (Å²) < 4.78 is 0. The molecule has 0 aliphatic rings. The second kappa shape index (κ2) is 5.58. The highest BCUT2D eigenvalue weighted by molar-refractivity contribution is 6.93. The molecule has 0 aromatic heterocycles. The molecule has 0 aliphatic heterocycles. The Hall–Kier alpha value is -0.606. The molecule has 2 heteroatoms. The van der Waals surface area contributed by atoms with Crippen LogP contribution in [0.1, 0.15) is 19.4 Å². The Balaban J connectivity index is 2.88. The van der Waals surface area contributed by atoms with E-state index in [0.29, 0.717) is 5.04 Å². The Morgan fingerprint density at radius 1 is 1.17 bits per heavy atom. The van der Waals surface area contributed by atoms with Crippen LogP contribution in [0.3, 0.4) is 0 Å². The standard InChI is InChI=1S/C16H28Si2/c1-8-18(6,7)15-11-9-14(10-12-15)13-16(2,3)17(4)5/h8-12,17H,1,13H2,2-7H3. The van der Waals surface area contributed by atoms with E-state index in [2.05, 4.69) is 76.6 Å². The predicted molar refractivity (Wildman–Crippen MR) is 90.4 cm³/mol. The van der Waals surface area contributed by atoms with Crippen molar-refractivity contribution in [2.24, 2.45) is 0 Å². The van der Waals surface area contributed by atoms with Crippen molar-refractivity contribution >= 4 is 22.1 Å². The van der Waals surface area contributed by atoms with Gasteiger partial charge in [0, 0.05) is 8.80 Å². The zero-order valence-electron chi connectivity index (χ0n) is 12.9. The molecule has 0 unspecified atom stereocenters. The zero-order chi connectivity index (χ0) is 14.0. The molecule has 0 spiro atoms. The third kappa shape index (κ3) is 3.69. The van der Waals surface area contributed by atoms with Crippen molar-refractivity contribution in [3.8, 4) is 0 Å². The fourth-order valence-electron chi connectivity index (χ4n) is 1.90. The van der Waals surface area contributed by atoms with Crippen molar-refractivity contribution in [2.45, 2.75) is 51.5 Å². The average molecular weight is 277 g/mol. The molecule has 0 bridgehead atoms. The second-order valence-electron chi connectivity index (χ2n) is 6.94. The fourth-order valence-corrected chi connectivity index (χ4v) is 3.81. The van der Waals surface area contributed by atoms with E-state index in [0.717, 1.165) is 0 Å². The van der Waals surface area contributed by atoms with Gasteiger partial charge in [0.05, 0.1) is 0 Å². The third-order valence-corrected chi connectivity index (χ3v) is 10.6. The monoisotopic (exact) mass is 276 g/mol. The molecule has 0 aliphatic carbocycles. The summed E-state index contributed by atoms with van der Waals surface area (Å²) >= 11 is 0. The Morgan fingerprint density at radius 2 is 1.67 bits per heavy atom. The maximum absolute atomic E-state index is 3.98. The molecule has 0 heterocycles. The lowest BCUT2D eigenvalue weighted by atomic mass is 10.0. The quantitative estimate of drug-likeness (QED) is 0.709. The van der Waals surface area contributed by atoms with Crippen molar-refractivity contribution in [3.05, 3.63) is 42.1 Å². The molecule has 0 fully saturated rings. The summed E-state index contributed by atoms with van der Waals surface area (Å²) in [7, 11) is -1.99. The first kappa shape index (κ1) is 15.5. The summed E-state index contributed by atoms with van der Waals surface area (Å²) in [5.74, 6) is 0. The summed E-state index contributed by atoms with van der Waals surface area (Å²) in [4.78, 5) is 0. The van der Waals surface area contributed by atoms with E-state index in [1.807, 2.05) is 0 Å². The van der Waals surface area contributed by atoms with E-state index < -0.39 is 16.9 Å². The van der Waals surface area contributed by atoms with Gasteiger partial charge in [0.2, 0.25) is 0 Å². The molecule has 0 N–H and O–H groups in total. The molecule has 0 atom stereocenters. The molecular weight excluding hydrogens is 248 g/mol. The van der Waals surface area contributed by atoms with Crippen LogP contribution in [-0.2, 0) is 6.42 Å². The van der Waals surface area contributed by atoms with E-state index in [1.54, 1.807) is 0 Å². The van der Waals surface area contributed by atoms with Crippen LogP contribution in [0.5, 0.6) is 0 Å². The maximum Gasteiger partial charge on any atom is 0.103 e. The highest BCUT2D eigenvalue weighted by atomic mass is 28.3. The molecule has 0 radical (unpaired) electrons. The normalized spacial score (nSPS) is 12.8. The molecule has 0 nitrogen and oxygen atoms in total. The maximum atomic E-state index is 3.98. The minimum atomic E-state index is -1.38. The van der Waals surface area contributed by atoms with Crippen LogP contribution in [0.25, 0.3) is 0 Å². The first-order chi connectivity index (χ1) is 8.19. The molecule has 1 aromatic rings. The van der Waals surface area contributed by atoms with E-state index in [9.17, 15) is 0 Å². The largest absolute Gasteiger partial charge is 0.107 e. The molecule has 18 heavy (non-hydrogen) atoms. The van der Waals surface area contributed by atoms with Crippen molar-refractivity contribution < 1.29 is 0 Å². The van der Waals surface area contributed by atoms with Crippen LogP contribution >= 0.6 is 0 Å². The third-order valence-electron chi connectivity index (χ3n) is 4.43. The van der Waals surface area contributed by atoms with Crippen LogP contribution in [-0.4, -0.2) is 16.9 Å². The Bertz CT molecular complexity index is 400. The van der Waals surface area contributed by atoms with Crippen LogP contribution in [0.15, 0.2) is 36.5 Å². The van der Waals surface area contributed by atoms with Crippen LogP contribution in [0.4, 0.5) is 0 Å². The predicted octanol–water partition coefficient (Wildman–Crippen LogP) is 4.14. The van der Waals surface area contributed by atoms with Crippen molar-refractivity contribution in [3.63, 3.8) is 0 Å². The minimum absolute atomic E-state index is 0.507. The molecule has 0 amide bonds. The van der Waals surface area contributed by atoms with E-state index in [4.69, 9.17) is 0 Å². The lowest BCUT2D eigenvalue weighted by Gasteiger charge is -2.28. The Kier molecular flexibility index (Phi) is 4.79. The van der Waals surface area contributed by atoms with E-state index in [-0.39, 0.29) is 0 Å². The molecule has 1 rings (SSSR count). The smallest absolute Gasteiger partial charge is 0.103 e. The first-order valence-electron chi connectivity index (χ1n) is 6.92.